The van der Waals surface area contributed by atoms with E-state index in [1.165, 1.54) is 5.69 Å². The van der Waals surface area contributed by atoms with E-state index in [9.17, 15) is 0 Å². The lowest BCUT2D eigenvalue weighted by Crippen LogP contribution is -2.19. The molecule has 5 nitrogen and oxygen atoms in total. The minimum absolute atomic E-state index is 0.704. The summed E-state index contributed by atoms with van der Waals surface area (Å²) in [6, 6.07) is 8.07. The van der Waals surface area contributed by atoms with E-state index < -0.39 is 0 Å². The number of rotatable bonds is 8. The number of hydrogen-bond acceptors (Lipinski definition) is 4. The normalized spacial score (nSPS) is 10.9. The second kappa shape index (κ2) is 7.69. The number of imidazole rings is 1. The van der Waals surface area contributed by atoms with Crippen LogP contribution >= 0.6 is 0 Å². The molecule has 0 aliphatic heterocycles. The third-order valence-corrected chi connectivity index (χ3v) is 3.27. The lowest BCUT2D eigenvalue weighted by molar-refractivity contribution is 0.261. The molecule has 21 heavy (non-hydrogen) atoms. The van der Waals surface area contributed by atoms with Crippen LogP contribution in [0, 0.1) is 0 Å². The van der Waals surface area contributed by atoms with Gasteiger partial charge in [0, 0.05) is 25.0 Å². The standard InChI is InChI=1S/C16H24N4O/c1-4-20-13-17-11-15(20)12-18-14-5-7-16(8-6-14)21-10-9-19(2)3/h5-8,11,13,18H,4,9-10,12H2,1-3H3. The molecule has 0 fully saturated rings. The molecule has 1 aromatic heterocycles. The summed E-state index contributed by atoms with van der Waals surface area (Å²) in [6.45, 7) is 5.45. The molecule has 0 atom stereocenters. The Hall–Kier alpha value is -2.01. The molecule has 0 bridgehead atoms. The molecule has 2 rings (SSSR count). The van der Waals surface area contributed by atoms with E-state index in [0.717, 1.165) is 31.1 Å². The predicted octanol–water partition coefficient (Wildman–Crippen LogP) is 2.46. The SMILES string of the molecule is CCn1cncc1CNc1ccc(OCCN(C)C)cc1. The van der Waals surface area contributed by atoms with Crippen LogP contribution in [-0.2, 0) is 13.1 Å². The minimum Gasteiger partial charge on any atom is -0.492 e. The zero-order chi connectivity index (χ0) is 15.1. The molecule has 1 aromatic carbocycles. The molecule has 0 aliphatic rings. The molecular weight excluding hydrogens is 264 g/mol. The van der Waals surface area contributed by atoms with Gasteiger partial charge in [0.15, 0.2) is 0 Å². The highest BCUT2D eigenvalue weighted by atomic mass is 16.5. The predicted molar refractivity (Wildman–Crippen MR) is 85.7 cm³/mol. The smallest absolute Gasteiger partial charge is 0.119 e. The molecule has 114 valence electrons. The molecular formula is C16H24N4O. The van der Waals surface area contributed by atoms with Crippen LogP contribution < -0.4 is 10.1 Å². The van der Waals surface area contributed by atoms with Crippen molar-refractivity contribution in [3.63, 3.8) is 0 Å². The topological polar surface area (TPSA) is 42.3 Å². The molecule has 0 saturated heterocycles. The summed E-state index contributed by atoms with van der Waals surface area (Å²) in [5.41, 5.74) is 2.27. The Morgan fingerprint density at radius 3 is 2.67 bits per heavy atom. The fourth-order valence-corrected chi connectivity index (χ4v) is 1.99. The van der Waals surface area contributed by atoms with Gasteiger partial charge in [-0.15, -0.1) is 0 Å². The molecule has 2 aromatic rings. The number of likely N-dealkylation sites (N-methyl/N-ethyl adjacent to an activating group) is 1. The zero-order valence-corrected chi connectivity index (χ0v) is 13.0. The molecule has 5 heteroatoms. The van der Waals surface area contributed by atoms with E-state index in [0.29, 0.717) is 6.61 Å². The first-order valence-corrected chi connectivity index (χ1v) is 7.29. The van der Waals surface area contributed by atoms with Crippen LogP contribution in [0.15, 0.2) is 36.8 Å². The second-order valence-corrected chi connectivity index (χ2v) is 5.20. The highest BCUT2D eigenvalue weighted by Crippen LogP contribution is 2.16. The fraction of sp³-hybridized carbons (Fsp3) is 0.438. The van der Waals surface area contributed by atoms with Gasteiger partial charge in [-0.25, -0.2) is 4.98 Å². The van der Waals surface area contributed by atoms with E-state index in [1.807, 2.05) is 50.9 Å². The van der Waals surface area contributed by atoms with Crippen LogP contribution in [0.1, 0.15) is 12.6 Å². The lowest BCUT2D eigenvalue weighted by Gasteiger charge is -2.12. The molecule has 0 saturated carbocycles. The average molecular weight is 288 g/mol. The number of nitrogens with one attached hydrogen (secondary N) is 1. The van der Waals surface area contributed by atoms with E-state index in [4.69, 9.17) is 4.74 Å². The lowest BCUT2D eigenvalue weighted by atomic mass is 10.3. The maximum absolute atomic E-state index is 5.68. The van der Waals surface area contributed by atoms with Crippen molar-refractivity contribution in [3.8, 4) is 5.75 Å². The number of aromatic nitrogens is 2. The van der Waals surface area contributed by atoms with Gasteiger partial charge in [-0.3, -0.25) is 0 Å². The van der Waals surface area contributed by atoms with Gasteiger partial charge in [-0.05, 0) is 45.3 Å². The number of aryl methyl sites for hydroxylation is 1. The third kappa shape index (κ3) is 4.79. The maximum Gasteiger partial charge on any atom is 0.119 e. The number of benzene rings is 1. The van der Waals surface area contributed by atoms with Crippen molar-refractivity contribution in [3.05, 3.63) is 42.5 Å². The van der Waals surface area contributed by atoms with Gasteiger partial charge in [0.1, 0.15) is 12.4 Å². The molecule has 0 amide bonds. The van der Waals surface area contributed by atoms with Crippen LogP contribution in [0.2, 0.25) is 0 Å². The van der Waals surface area contributed by atoms with Crippen LogP contribution in [0.4, 0.5) is 5.69 Å². The van der Waals surface area contributed by atoms with Crippen molar-refractivity contribution in [2.75, 3.05) is 32.6 Å². The molecule has 0 spiro atoms. The number of ether oxygens (including phenoxy) is 1. The summed E-state index contributed by atoms with van der Waals surface area (Å²) in [5.74, 6) is 0.904. The average Bonchev–Trinajstić information content (AvgIpc) is 2.93. The van der Waals surface area contributed by atoms with E-state index in [2.05, 4.69) is 26.7 Å². The molecule has 0 aliphatic carbocycles. The van der Waals surface area contributed by atoms with E-state index in [1.54, 1.807) is 0 Å². The van der Waals surface area contributed by atoms with Gasteiger partial charge in [-0.1, -0.05) is 0 Å². The number of hydrogen-bond donors (Lipinski definition) is 1. The second-order valence-electron chi connectivity index (χ2n) is 5.20. The summed E-state index contributed by atoms with van der Waals surface area (Å²) < 4.78 is 7.81. The van der Waals surface area contributed by atoms with Crippen molar-refractivity contribution in [2.45, 2.75) is 20.0 Å². The van der Waals surface area contributed by atoms with Gasteiger partial charge in [0.25, 0.3) is 0 Å². The Bertz CT molecular complexity index is 533. The summed E-state index contributed by atoms with van der Waals surface area (Å²) in [4.78, 5) is 6.27. The Kier molecular flexibility index (Phi) is 5.63. The first-order chi connectivity index (χ1) is 10.2. The van der Waals surface area contributed by atoms with Gasteiger partial charge < -0.3 is 19.5 Å². The Morgan fingerprint density at radius 1 is 1.24 bits per heavy atom. The minimum atomic E-state index is 0.704. The van der Waals surface area contributed by atoms with Gasteiger partial charge in [0.2, 0.25) is 0 Å². The molecule has 0 unspecified atom stereocenters. The van der Waals surface area contributed by atoms with Gasteiger partial charge >= 0.3 is 0 Å². The Morgan fingerprint density at radius 2 is 2.00 bits per heavy atom. The first kappa shape index (κ1) is 15.4. The zero-order valence-electron chi connectivity index (χ0n) is 13.0. The highest BCUT2D eigenvalue weighted by Gasteiger charge is 2.01. The maximum atomic E-state index is 5.68. The summed E-state index contributed by atoms with van der Waals surface area (Å²) >= 11 is 0. The van der Waals surface area contributed by atoms with Crippen molar-refractivity contribution < 1.29 is 4.74 Å². The molecule has 0 radical (unpaired) electrons. The van der Waals surface area contributed by atoms with Crippen molar-refractivity contribution >= 4 is 5.69 Å². The number of nitrogens with zero attached hydrogens (tertiary/aromatic N) is 3. The van der Waals surface area contributed by atoms with Crippen LogP contribution in [0.3, 0.4) is 0 Å². The van der Waals surface area contributed by atoms with Crippen molar-refractivity contribution in [2.24, 2.45) is 0 Å². The fourth-order valence-electron chi connectivity index (χ4n) is 1.99. The molecule has 1 N–H and O–H groups in total. The van der Waals surface area contributed by atoms with Gasteiger partial charge in [0.05, 0.1) is 18.6 Å². The highest BCUT2D eigenvalue weighted by molar-refractivity contribution is 5.46. The monoisotopic (exact) mass is 288 g/mol. The number of anilines is 1. The summed E-state index contributed by atoms with van der Waals surface area (Å²) in [5, 5.41) is 3.40. The quantitative estimate of drug-likeness (QED) is 0.810. The summed E-state index contributed by atoms with van der Waals surface area (Å²) in [7, 11) is 4.08. The Labute approximate surface area is 126 Å². The third-order valence-electron chi connectivity index (χ3n) is 3.27. The van der Waals surface area contributed by atoms with Crippen molar-refractivity contribution in [1.29, 1.82) is 0 Å². The Balaban J connectivity index is 1.82. The molecule has 1 heterocycles. The summed E-state index contributed by atoms with van der Waals surface area (Å²) in [6.07, 6.45) is 3.76. The van der Waals surface area contributed by atoms with E-state index in [-0.39, 0.29) is 0 Å². The van der Waals surface area contributed by atoms with E-state index >= 15 is 0 Å². The first-order valence-electron chi connectivity index (χ1n) is 7.29. The van der Waals surface area contributed by atoms with Gasteiger partial charge in [-0.2, -0.15) is 0 Å². The van der Waals surface area contributed by atoms with Crippen LogP contribution in [-0.4, -0.2) is 41.7 Å². The van der Waals surface area contributed by atoms with Crippen molar-refractivity contribution in [1.82, 2.24) is 14.5 Å². The van der Waals surface area contributed by atoms with Crippen LogP contribution in [0.25, 0.3) is 0 Å². The van der Waals surface area contributed by atoms with Crippen LogP contribution in [0.5, 0.6) is 5.75 Å². The largest absolute Gasteiger partial charge is 0.492 e.